The number of carbonyl (C=O) groups is 3. The summed E-state index contributed by atoms with van der Waals surface area (Å²) in [6.45, 7) is 11.8. The molecule has 40 heavy (non-hydrogen) atoms. The number of primary amides is 1. The maximum Gasteiger partial charge on any atom is 0.246 e. The fourth-order valence-electron chi connectivity index (χ4n) is 4.99. The Hall–Kier alpha value is -3.46. The SMILES string of the molecule is CCCN(C(=O)[C@H](C(C)C)N(C)C(=O)[C@@H](N)Cc1ccc(F)cc1)[C@@H](Cc1ccc(O)c(C(C)(C)C)c1)C(N)=O. The van der Waals surface area contributed by atoms with E-state index in [1.165, 1.54) is 29.0 Å². The molecule has 220 valence electrons. The normalized spacial score (nSPS) is 13.9. The Kier molecular flexibility index (Phi) is 11.3. The summed E-state index contributed by atoms with van der Waals surface area (Å²) in [4.78, 5) is 43.0. The fraction of sp³-hybridized carbons (Fsp3) is 0.516. The number of hydrogen-bond donors (Lipinski definition) is 3. The van der Waals surface area contributed by atoms with Gasteiger partial charge in [-0.05, 0) is 59.1 Å². The Morgan fingerprint density at radius 3 is 2.05 bits per heavy atom. The molecule has 5 N–H and O–H groups in total. The van der Waals surface area contributed by atoms with E-state index in [4.69, 9.17) is 11.5 Å². The number of carbonyl (C=O) groups excluding carboxylic acids is 3. The summed E-state index contributed by atoms with van der Waals surface area (Å²) in [5.74, 6) is -1.99. The van der Waals surface area contributed by atoms with Crippen LogP contribution in [0.5, 0.6) is 5.75 Å². The zero-order valence-electron chi connectivity index (χ0n) is 24.8. The molecule has 0 aromatic heterocycles. The van der Waals surface area contributed by atoms with Crippen LogP contribution in [0.2, 0.25) is 0 Å². The number of rotatable bonds is 12. The van der Waals surface area contributed by atoms with Crippen LogP contribution in [0.25, 0.3) is 0 Å². The van der Waals surface area contributed by atoms with E-state index >= 15 is 0 Å². The summed E-state index contributed by atoms with van der Waals surface area (Å²) >= 11 is 0. The number of nitrogens with two attached hydrogens (primary N) is 2. The predicted molar refractivity (Wildman–Crippen MR) is 155 cm³/mol. The number of nitrogens with zero attached hydrogens (tertiary/aromatic N) is 2. The lowest BCUT2D eigenvalue weighted by atomic mass is 9.84. The third-order valence-corrected chi connectivity index (χ3v) is 7.09. The summed E-state index contributed by atoms with van der Waals surface area (Å²) in [6, 6.07) is 8.13. The molecule has 0 saturated heterocycles. The summed E-state index contributed by atoms with van der Waals surface area (Å²) in [6.07, 6.45) is 0.921. The lowest BCUT2D eigenvalue weighted by Gasteiger charge is -2.38. The third-order valence-electron chi connectivity index (χ3n) is 7.09. The van der Waals surface area contributed by atoms with E-state index in [9.17, 15) is 23.9 Å². The highest BCUT2D eigenvalue weighted by Crippen LogP contribution is 2.32. The van der Waals surface area contributed by atoms with E-state index in [0.717, 1.165) is 11.1 Å². The van der Waals surface area contributed by atoms with Crippen molar-refractivity contribution in [2.24, 2.45) is 17.4 Å². The molecule has 3 amide bonds. The quantitative estimate of drug-likeness (QED) is 0.368. The van der Waals surface area contributed by atoms with Crippen molar-refractivity contribution in [2.75, 3.05) is 13.6 Å². The van der Waals surface area contributed by atoms with Gasteiger partial charge in [-0.3, -0.25) is 14.4 Å². The zero-order chi connectivity index (χ0) is 30.4. The van der Waals surface area contributed by atoms with Crippen molar-refractivity contribution in [1.82, 2.24) is 9.80 Å². The van der Waals surface area contributed by atoms with Gasteiger partial charge in [-0.2, -0.15) is 0 Å². The second-order valence-electron chi connectivity index (χ2n) is 11.8. The Morgan fingerprint density at radius 2 is 1.55 bits per heavy atom. The smallest absolute Gasteiger partial charge is 0.246 e. The highest BCUT2D eigenvalue weighted by atomic mass is 19.1. The number of likely N-dealkylation sites (N-methyl/N-ethyl adjacent to an activating group) is 1. The summed E-state index contributed by atoms with van der Waals surface area (Å²) in [5.41, 5.74) is 13.9. The molecule has 0 saturated carbocycles. The topological polar surface area (TPSA) is 130 Å². The summed E-state index contributed by atoms with van der Waals surface area (Å²) in [7, 11) is 1.54. The Labute approximate surface area is 237 Å². The van der Waals surface area contributed by atoms with Crippen molar-refractivity contribution in [3.8, 4) is 5.75 Å². The number of phenolic OH excluding ortho intramolecular Hbond substituents is 1. The van der Waals surface area contributed by atoms with Gasteiger partial charge in [0.15, 0.2) is 0 Å². The van der Waals surface area contributed by atoms with Crippen LogP contribution in [0.3, 0.4) is 0 Å². The van der Waals surface area contributed by atoms with Crippen molar-refractivity contribution in [1.29, 1.82) is 0 Å². The van der Waals surface area contributed by atoms with E-state index in [-0.39, 0.29) is 48.2 Å². The van der Waals surface area contributed by atoms with E-state index in [1.807, 2.05) is 47.6 Å². The molecule has 0 radical (unpaired) electrons. The summed E-state index contributed by atoms with van der Waals surface area (Å²) in [5, 5.41) is 10.4. The van der Waals surface area contributed by atoms with Crippen molar-refractivity contribution < 1.29 is 23.9 Å². The molecular weight excluding hydrogens is 511 g/mol. The second-order valence-corrected chi connectivity index (χ2v) is 11.8. The van der Waals surface area contributed by atoms with Gasteiger partial charge in [0.2, 0.25) is 17.7 Å². The molecule has 2 aromatic carbocycles. The first-order chi connectivity index (χ1) is 18.6. The molecule has 0 aliphatic carbocycles. The van der Waals surface area contributed by atoms with Crippen molar-refractivity contribution in [3.05, 3.63) is 65.0 Å². The number of amides is 3. The van der Waals surface area contributed by atoms with Crippen molar-refractivity contribution >= 4 is 17.7 Å². The van der Waals surface area contributed by atoms with Crippen LogP contribution in [0, 0.1) is 11.7 Å². The highest BCUT2D eigenvalue weighted by Gasteiger charge is 2.38. The minimum Gasteiger partial charge on any atom is -0.508 e. The van der Waals surface area contributed by atoms with Crippen molar-refractivity contribution in [3.63, 3.8) is 0 Å². The predicted octanol–water partition coefficient (Wildman–Crippen LogP) is 3.52. The van der Waals surface area contributed by atoms with Gasteiger partial charge in [0.05, 0.1) is 6.04 Å². The zero-order valence-corrected chi connectivity index (χ0v) is 24.8. The van der Waals surface area contributed by atoms with Crippen LogP contribution >= 0.6 is 0 Å². The van der Waals surface area contributed by atoms with Gasteiger partial charge >= 0.3 is 0 Å². The van der Waals surface area contributed by atoms with Crippen LogP contribution in [-0.2, 0) is 32.6 Å². The molecule has 8 nitrogen and oxygen atoms in total. The van der Waals surface area contributed by atoms with Gasteiger partial charge in [0.1, 0.15) is 23.7 Å². The molecule has 9 heteroatoms. The average molecular weight is 557 g/mol. The first-order valence-electron chi connectivity index (χ1n) is 13.8. The third kappa shape index (κ3) is 8.27. The number of aromatic hydroxyl groups is 1. The van der Waals surface area contributed by atoms with Gasteiger partial charge in [0, 0.05) is 20.0 Å². The summed E-state index contributed by atoms with van der Waals surface area (Å²) < 4.78 is 13.3. The molecule has 0 heterocycles. The molecule has 0 unspecified atom stereocenters. The van der Waals surface area contributed by atoms with Crippen molar-refractivity contribution in [2.45, 2.75) is 84.3 Å². The molecule has 0 aliphatic heterocycles. The first kappa shape index (κ1) is 32.8. The molecule has 0 bridgehead atoms. The van der Waals surface area contributed by atoms with E-state index in [1.54, 1.807) is 24.3 Å². The Bertz CT molecular complexity index is 1180. The van der Waals surface area contributed by atoms with Gasteiger partial charge < -0.3 is 26.4 Å². The molecule has 2 rings (SSSR count). The highest BCUT2D eigenvalue weighted by molar-refractivity contribution is 5.93. The molecule has 0 spiro atoms. The van der Waals surface area contributed by atoms with E-state index in [0.29, 0.717) is 12.0 Å². The second kappa shape index (κ2) is 13.7. The molecule has 3 atom stereocenters. The largest absolute Gasteiger partial charge is 0.508 e. The lowest BCUT2D eigenvalue weighted by molar-refractivity contribution is -0.150. The number of phenols is 1. The van der Waals surface area contributed by atoms with Gasteiger partial charge in [-0.1, -0.05) is 65.8 Å². The number of benzene rings is 2. The van der Waals surface area contributed by atoms with Gasteiger partial charge in [-0.25, -0.2) is 4.39 Å². The molecule has 0 aliphatic rings. The number of hydrogen-bond acceptors (Lipinski definition) is 5. The van der Waals surface area contributed by atoms with E-state index in [2.05, 4.69) is 0 Å². The van der Waals surface area contributed by atoms with Crippen LogP contribution in [-0.4, -0.2) is 64.3 Å². The minimum absolute atomic E-state index is 0.158. The van der Waals surface area contributed by atoms with Gasteiger partial charge in [0.25, 0.3) is 0 Å². The standard InChI is InChI=1S/C31H45FN4O4/c1-8-15-36(25(28(34)38)18-21-11-14-26(37)23(16-21)31(4,5)6)30(40)27(19(2)3)35(7)29(39)24(33)17-20-9-12-22(32)13-10-20/h9-14,16,19,24-25,27,37H,8,15,17-18,33H2,1-7H3,(H2,34,38)/t24-,25-,27-/m0/s1. The fourth-order valence-corrected chi connectivity index (χ4v) is 4.99. The maximum atomic E-state index is 14.1. The van der Waals surface area contributed by atoms with Crippen LogP contribution in [0.1, 0.15) is 64.7 Å². The minimum atomic E-state index is -0.956. The van der Waals surface area contributed by atoms with Gasteiger partial charge in [-0.15, -0.1) is 0 Å². The molecule has 0 fully saturated rings. The monoisotopic (exact) mass is 556 g/mol. The lowest BCUT2D eigenvalue weighted by Crippen LogP contribution is -2.59. The van der Waals surface area contributed by atoms with Crippen LogP contribution < -0.4 is 11.5 Å². The molecular formula is C31H45FN4O4. The molecule has 2 aromatic rings. The van der Waals surface area contributed by atoms with Crippen LogP contribution in [0.4, 0.5) is 4.39 Å². The number of halogens is 1. The Balaban J connectivity index is 2.36. The van der Waals surface area contributed by atoms with Crippen LogP contribution in [0.15, 0.2) is 42.5 Å². The first-order valence-corrected chi connectivity index (χ1v) is 13.8. The Morgan fingerprint density at radius 1 is 0.975 bits per heavy atom. The average Bonchev–Trinajstić information content (AvgIpc) is 2.86. The maximum absolute atomic E-state index is 14.1. The van der Waals surface area contributed by atoms with E-state index < -0.39 is 29.9 Å².